The lowest BCUT2D eigenvalue weighted by Crippen LogP contribution is -2.44. The Hall–Kier alpha value is -0.0800. The zero-order valence-corrected chi connectivity index (χ0v) is 13.3. The molecule has 18 heavy (non-hydrogen) atoms. The summed E-state index contributed by atoms with van der Waals surface area (Å²) in [7, 11) is 0. The first-order valence-corrected chi connectivity index (χ1v) is 7.68. The molecular weight excluding hydrogens is 222 g/mol. The van der Waals surface area contributed by atoms with Gasteiger partial charge in [-0.3, -0.25) is 0 Å². The highest BCUT2D eigenvalue weighted by Crippen LogP contribution is 2.27. The van der Waals surface area contributed by atoms with Gasteiger partial charge in [-0.05, 0) is 58.3 Å². The van der Waals surface area contributed by atoms with E-state index in [0.717, 1.165) is 12.5 Å². The summed E-state index contributed by atoms with van der Waals surface area (Å²) in [5.41, 5.74) is 0.178. The highest BCUT2D eigenvalue weighted by Gasteiger charge is 2.24. The average molecular weight is 255 g/mol. The van der Waals surface area contributed by atoms with Gasteiger partial charge in [-0.2, -0.15) is 0 Å². The number of ether oxygens (including phenoxy) is 1. The van der Waals surface area contributed by atoms with Crippen LogP contribution in [-0.2, 0) is 4.74 Å². The molecule has 1 fully saturated rings. The fraction of sp³-hybridized carbons (Fsp3) is 1.00. The van der Waals surface area contributed by atoms with E-state index >= 15 is 0 Å². The highest BCUT2D eigenvalue weighted by atomic mass is 16.5. The van der Waals surface area contributed by atoms with Crippen molar-refractivity contribution in [3.8, 4) is 0 Å². The molecule has 0 amide bonds. The number of rotatable bonds is 5. The summed E-state index contributed by atoms with van der Waals surface area (Å²) in [6, 6.07) is 0. The Morgan fingerprint density at radius 3 is 2.11 bits per heavy atom. The molecule has 1 aliphatic carbocycles. The summed E-state index contributed by atoms with van der Waals surface area (Å²) < 4.78 is 6.33. The smallest absolute Gasteiger partial charge is 0.0726 e. The molecule has 0 bridgehead atoms. The van der Waals surface area contributed by atoms with Crippen LogP contribution in [0.15, 0.2) is 0 Å². The lowest BCUT2D eigenvalue weighted by atomic mass is 9.88. The van der Waals surface area contributed by atoms with Gasteiger partial charge in [-0.25, -0.2) is 0 Å². The predicted molar refractivity (Wildman–Crippen MR) is 78.9 cm³/mol. The molecule has 1 aliphatic rings. The third-order valence-corrected chi connectivity index (χ3v) is 3.91. The van der Waals surface area contributed by atoms with Crippen LogP contribution < -0.4 is 5.32 Å². The van der Waals surface area contributed by atoms with Crippen LogP contribution >= 0.6 is 0 Å². The number of nitrogens with one attached hydrogen (secondary N) is 1. The van der Waals surface area contributed by atoms with Gasteiger partial charge in [0.1, 0.15) is 0 Å². The van der Waals surface area contributed by atoms with Gasteiger partial charge in [0.15, 0.2) is 0 Å². The molecule has 1 N–H and O–H groups in total. The first-order chi connectivity index (χ1) is 8.28. The van der Waals surface area contributed by atoms with Crippen LogP contribution in [0.25, 0.3) is 0 Å². The summed E-state index contributed by atoms with van der Waals surface area (Å²) >= 11 is 0. The largest absolute Gasteiger partial charge is 0.373 e. The molecule has 2 heteroatoms. The Bertz CT molecular complexity index is 224. The van der Waals surface area contributed by atoms with E-state index in [1.54, 1.807) is 0 Å². The molecule has 1 unspecified atom stereocenters. The summed E-state index contributed by atoms with van der Waals surface area (Å²) in [5.74, 6) is 1.48. The zero-order valence-electron chi connectivity index (χ0n) is 13.3. The topological polar surface area (TPSA) is 21.3 Å². The molecule has 0 aliphatic heterocycles. The van der Waals surface area contributed by atoms with Crippen LogP contribution in [0.5, 0.6) is 0 Å². The second-order valence-electron chi connectivity index (χ2n) is 7.43. The average Bonchev–Trinajstić information content (AvgIpc) is 2.25. The molecule has 0 heterocycles. The molecule has 0 radical (unpaired) electrons. The second-order valence-corrected chi connectivity index (χ2v) is 7.43. The van der Waals surface area contributed by atoms with Gasteiger partial charge in [0.05, 0.1) is 12.2 Å². The molecular formula is C16H33NO. The normalized spacial score (nSPS) is 27.5. The van der Waals surface area contributed by atoms with E-state index in [1.165, 1.54) is 25.7 Å². The first-order valence-electron chi connectivity index (χ1n) is 7.68. The van der Waals surface area contributed by atoms with Crippen LogP contribution in [0.1, 0.15) is 67.2 Å². The van der Waals surface area contributed by atoms with E-state index < -0.39 is 0 Å². The fourth-order valence-corrected chi connectivity index (χ4v) is 2.46. The van der Waals surface area contributed by atoms with E-state index in [2.05, 4.69) is 46.9 Å². The molecule has 0 aromatic rings. The summed E-state index contributed by atoms with van der Waals surface area (Å²) in [5, 5.41) is 3.58. The van der Waals surface area contributed by atoms with E-state index in [0.29, 0.717) is 18.1 Å². The minimum atomic E-state index is 0.178. The Morgan fingerprint density at radius 1 is 1.11 bits per heavy atom. The van der Waals surface area contributed by atoms with Gasteiger partial charge >= 0.3 is 0 Å². The van der Waals surface area contributed by atoms with E-state index in [9.17, 15) is 0 Å². The molecule has 1 atom stereocenters. The van der Waals surface area contributed by atoms with Crippen molar-refractivity contribution in [1.82, 2.24) is 5.32 Å². The lowest BCUT2D eigenvalue weighted by Gasteiger charge is -2.33. The summed E-state index contributed by atoms with van der Waals surface area (Å²) in [4.78, 5) is 0. The number of hydrogen-bond donors (Lipinski definition) is 1. The standard InChI is InChI=1S/C16H33NO/c1-12(2)15(11-17-16(4,5)6)18-14-9-7-13(3)8-10-14/h12-15,17H,7-11H2,1-6H3. The lowest BCUT2D eigenvalue weighted by molar-refractivity contribution is -0.0561. The Balaban J connectivity index is 2.38. The Labute approximate surface area is 114 Å². The van der Waals surface area contributed by atoms with Crippen molar-refractivity contribution in [1.29, 1.82) is 0 Å². The predicted octanol–water partition coefficient (Wildman–Crippen LogP) is 3.99. The van der Waals surface area contributed by atoms with Crippen LogP contribution in [0.2, 0.25) is 0 Å². The SMILES string of the molecule is CC1CCC(OC(CNC(C)(C)C)C(C)C)CC1. The zero-order chi connectivity index (χ0) is 13.8. The van der Waals surface area contributed by atoms with Gasteiger partial charge in [0.25, 0.3) is 0 Å². The Kier molecular flexibility index (Phi) is 6.13. The minimum Gasteiger partial charge on any atom is -0.373 e. The Morgan fingerprint density at radius 2 is 1.67 bits per heavy atom. The third-order valence-electron chi connectivity index (χ3n) is 3.91. The molecule has 0 saturated heterocycles. The monoisotopic (exact) mass is 255 g/mol. The maximum atomic E-state index is 6.33. The van der Waals surface area contributed by atoms with Crippen molar-refractivity contribution in [3.63, 3.8) is 0 Å². The van der Waals surface area contributed by atoms with Gasteiger partial charge < -0.3 is 10.1 Å². The highest BCUT2D eigenvalue weighted by molar-refractivity contribution is 4.78. The van der Waals surface area contributed by atoms with Crippen LogP contribution in [0, 0.1) is 11.8 Å². The second kappa shape index (κ2) is 6.91. The van der Waals surface area contributed by atoms with Crippen molar-refractivity contribution in [3.05, 3.63) is 0 Å². The number of hydrogen-bond acceptors (Lipinski definition) is 2. The molecule has 0 aromatic carbocycles. The van der Waals surface area contributed by atoms with Crippen molar-refractivity contribution in [2.45, 2.75) is 85.0 Å². The molecule has 108 valence electrons. The van der Waals surface area contributed by atoms with Gasteiger partial charge in [0.2, 0.25) is 0 Å². The maximum Gasteiger partial charge on any atom is 0.0726 e. The van der Waals surface area contributed by atoms with E-state index in [-0.39, 0.29) is 5.54 Å². The van der Waals surface area contributed by atoms with Crippen molar-refractivity contribution in [2.75, 3.05) is 6.54 Å². The maximum absolute atomic E-state index is 6.33. The first kappa shape index (κ1) is 16.0. The van der Waals surface area contributed by atoms with Crippen molar-refractivity contribution >= 4 is 0 Å². The fourth-order valence-electron chi connectivity index (χ4n) is 2.46. The summed E-state index contributed by atoms with van der Waals surface area (Å²) in [6.07, 6.45) is 6.02. The third kappa shape index (κ3) is 6.19. The minimum absolute atomic E-state index is 0.178. The van der Waals surface area contributed by atoms with Gasteiger partial charge in [0, 0.05) is 12.1 Å². The molecule has 1 rings (SSSR count). The van der Waals surface area contributed by atoms with Crippen LogP contribution in [0.3, 0.4) is 0 Å². The molecule has 0 spiro atoms. The van der Waals surface area contributed by atoms with Crippen LogP contribution in [-0.4, -0.2) is 24.3 Å². The molecule has 0 aromatic heterocycles. The van der Waals surface area contributed by atoms with Crippen molar-refractivity contribution < 1.29 is 4.74 Å². The molecule has 1 saturated carbocycles. The van der Waals surface area contributed by atoms with E-state index in [4.69, 9.17) is 4.74 Å². The van der Waals surface area contributed by atoms with E-state index in [1.807, 2.05) is 0 Å². The van der Waals surface area contributed by atoms with Crippen molar-refractivity contribution in [2.24, 2.45) is 11.8 Å². The van der Waals surface area contributed by atoms with Gasteiger partial charge in [-0.1, -0.05) is 20.8 Å². The van der Waals surface area contributed by atoms with Crippen LogP contribution in [0.4, 0.5) is 0 Å². The quantitative estimate of drug-likeness (QED) is 0.802. The van der Waals surface area contributed by atoms with Gasteiger partial charge in [-0.15, -0.1) is 0 Å². The summed E-state index contributed by atoms with van der Waals surface area (Å²) in [6.45, 7) is 14.5. The molecule has 2 nitrogen and oxygen atoms in total.